The third-order valence-corrected chi connectivity index (χ3v) is 7.04. The van der Waals surface area contributed by atoms with Crippen LogP contribution in [0.15, 0.2) is 0 Å². The molecule has 0 aliphatic rings. The lowest BCUT2D eigenvalue weighted by atomic mass is 10.1. The lowest BCUT2D eigenvalue weighted by molar-refractivity contribution is -0.192. The van der Waals surface area contributed by atoms with E-state index in [1.165, 1.54) is 0 Å². The van der Waals surface area contributed by atoms with Gasteiger partial charge in [-0.05, 0) is 26.7 Å². The van der Waals surface area contributed by atoms with Crippen LogP contribution in [0.4, 0.5) is 0 Å². The van der Waals surface area contributed by atoms with Crippen LogP contribution in [0.3, 0.4) is 0 Å². The Balaban J connectivity index is 4.23. The van der Waals surface area contributed by atoms with Crippen LogP contribution in [0, 0.1) is 0 Å². The molecule has 0 radical (unpaired) electrons. The summed E-state index contributed by atoms with van der Waals surface area (Å²) in [6.07, 6.45) is 1.84. The molecule has 0 heterocycles. The summed E-state index contributed by atoms with van der Waals surface area (Å²) in [6.45, 7) is 4.54. The maximum atomic E-state index is 11.4. The zero-order valence-electron chi connectivity index (χ0n) is 9.15. The van der Waals surface area contributed by atoms with Crippen molar-refractivity contribution >= 4 is 29.7 Å². The van der Waals surface area contributed by atoms with Crippen molar-refractivity contribution < 1.29 is 13.8 Å². The summed E-state index contributed by atoms with van der Waals surface area (Å²) in [4.78, 5) is 20.7. The van der Waals surface area contributed by atoms with Gasteiger partial charge in [0, 0.05) is 16.8 Å². The Labute approximate surface area is 94.7 Å². The van der Waals surface area contributed by atoms with Gasteiger partial charge < -0.3 is 9.79 Å². The second-order valence-corrected chi connectivity index (χ2v) is 8.88. The summed E-state index contributed by atoms with van der Waals surface area (Å²) in [7, 11) is 0.963. The molecule has 0 spiro atoms. The Hall–Kier alpha value is 0.880. The quantitative estimate of drug-likeness (QED) is 0.451. The van der Waals surface area contributed by atoms with Crippen molar-refractivity contribution in [1.29, 1.82) is 0 Å². The van der Waals surface area contributed by atoms with E-state index < -0.39 is 6.72 Å². The summed E-state index contributed by atoms with van der Waals surface area (Å²) >= 11 is 1.14. The van der Waals surface area contributed by atoms with Crippen molar-refractivity contribution in [3.8, 4) is 0 Å². The summed E-state index contributed by atoms with van der Waals surface area (Å²) in [5.74, 6) is 0.587. The van der Waals surface area contributed by atoms with Crippen molar-refractivity contribution in [2.75, 3.05) is 5.75 Å². The molecule has 6 heteroatoms. The first-order valence-electron chi connectivity index (χ1n) is 4.74. The molecule has 14 heavy (non-hydrogen) atoms. The van der Waals surface area contributed by atoms with E-state index in [2.05, 4.69) is 13.8 Å². The Kier molecular flexibility index (Phi) is 6.87. The highest BCUT2D eigenvalue weighted by Gasteiger charge is 2.25. The molecule has 3 nitrogen and oxygen atoms in total. The van der Waals surface area contributed by atoms with Crippen LogP contribution in [0.5, 0.6) is 0 Å². The van der Waals surface area contributed by atoms with Gasteiger partial charge in [0.05, 0.1) is 0 Å². The summed E-state index contributed by atoms with van der Waals surface area (Å²) in [6, 6.07) is 0. The molecule has 0 aromatic rings. The second-order valence-electron chi connectivity index (χ2n) is 3.20. The van der Waals surface area contributed by atoms with E-state index in [0.29, 0.717) is 5.75 Å². The van der Waals surface area contributed by atoms with E-state index in [9.17, 15) is 9.79 Å². The molecular formula is C8H19O3PS2. The van der Waals surface area contributed by atoms with E-state index >= 15 is 0 Å². The Bertz CT molecular complexity index is 211. The van der Waals surface area contributed by atoms with Gasteiger partial charge in [0.25, 0.3) is 0 Å². The van der Waals surface area contributed by atoms with Crippen molar-refractivity contribution in [3.63, 3.8) is 0 Å². The normalized spacial score (nSPS) is 16.4. The van der Waals surface area contributed by atoms with Gasteiger partial charge in [-0.15, -0.1) is 0 Å². The zero-order valence-corrected chi connectivity index (χ0v) is 11.7. The molecule has 1 unspecified atom stereocenters. The molecule has 1 N–H and O–H groups in total. The topological polar surface area (TPSA) is 52.5 Å². The molecule has 0 aliphatic carbocycles. The van der Waals surface area contributed by atoms with Crippen molar-refractivity contribution in [3.05, 3.63) is 0 Å². The van der Waals surface area contributed by atoms with Crippen LogP contribution >= 0.6 is 18.8 Å². The highest BCUT2D eigenvalue weighted by molar-refractivity contribution is 8.19. The summed E-state index contributed by atoms with van der Waals surface area (Å²) in [5, 5.41) is 0. The first kappa shape index (κ1) is 14.9. The molecule has 0 aliphatic heterocycles. The Morgan fingerprint density at radius 1 is 1.43 bits per heavy atom. The minimum absolute atomic E-state index is 0.0628. The second kappa shape index (κ2) is 6.46. The highest BCUT2D eigenvalue weighted by atomic mass is 32.5. The smallest absolute Gasteiger partial charge is 0.327 e. The average molecular weight is 258 g/mol. The molecule has 0 saturated carbocycles. The van der Waals surface area contributed by atoms with Crippen LogP contribution in [0.2, 0.25) is 0 Å². The first-order chi connectivity index (χ1) is 6.39. The van der Waals surface area contributed by atoms with E-state index in [1.54, 1.807) is 0 Å². The maximum absolute atomic E-state index is 11.4. The van der Waals surface area contributed by atoms with E-state index in [-0.39, 0.29) is 4.75 Å². The first-order valence-corrected chi connectivity index (χ1v) is 8.65. The van der Waals surface area contributed by atoms with Crippen LogP contribution in [0.25, 0.3) is 0 Å². The third-order valence-electron chi connectivity index (χ3n) is 2.12. The highest BCUT2D eigenvalue weighted by Crippen LogP contribution is 2.45. The maximum Gasteiger partial charge on any atom is 0.327 e. The fourth-order valence-corrected chi connectivity index (χ4v) is 4.16. The number of rotatable bonds is 6. The van der Waals surface area contributed by atoms with Crippen molar-refractivity contribution in [2.45, 2.75) is 45.3 Å². The minimum atomic E-state index is -3.44. The summed E-state index contributed by atoms with van der Waals surface area (Å²) in [5.41, 5.74) is 0. The van der Waals surface area contributed by atoms with Gasteiger partial charge in [-0.1, -0.05) is 13.8 Å². The number of hydrogen-bond acceptors (Lipinski definition) is 3. The molecule has 86 valence electrons. The number of hydrogen-bond donors (Lipinski definition) is 1. The lowest BCUT2D eigenvalue weighted by Crippen LogP contribution is -2.18. The molecule has 0 saturated heterocycles. The van der Waals surface area contributed by atoms with Crippen molar-refractivity contribution in [2.24, 2.45) is 0 Å². The minimum Gasteiger partial charge on any atom is -0.741 e. The van der Waals surface area contributed by atoms with Gasteiger partial charge in [0.2, 0.25) is 0 Å². The Morgan fingerprint density at radius 2 is 1.93 bits per heavy atom. The monoisotopic (exact) mass is 258 g/mol. The predicted molar refractivity (Wildman–Crippen MR) is 64.7 cm³/mol. The van der Waals surface area contributed by atoms with E-state index in [4.69, 9.17) is 3.97 Å². The molecule has 0 aromatic heterocycles. The Morgan fingerprint density at radius 3 is 2.29 bits per heavy atom. The van der Waals surface area contributed by atoms with Crippen molar-refractivity contribution in [1.82, 2.24) is 0 Å². The predicted octanol–water partition coefficient (Wildman–Crippen LogP) is 2.36. The molecular weight excluding hydrogens is 239 g/mol. The van der Waals surface area contributed by atoms with Crippen LogP contribution in [-0.4, -0.2) is 15.4 Å². The van der Waals surface area contributed by atoms with E-state index in [1.807, 2.05) is 13.8 Å². The molecule has 0 bridgehead atoms. The molecule has 1 atom stereocenters. The van der Waals surface area contributed by atoms with Crippen LogP contribution in [0.1, 0.15) is 40.5 Å². The standard InChI is InChI=1S/C8H19O3PS2/c1-5-8(4,6-2)14-11-12(9,10)13-7-3/h5-7H2,1-4H3,(H-,9,10). The fraction of sp³-hybridized carbons (Fsp3) is 1.00. The molecule has 0 fully saturated rings. The van der Waals surface area contributed by atoms with Gasteiger partial charge in [0.1, 0.15) is 0 Å². The van der Waals surface area contributed by atoms with E-state index in [0.717, 1.165) is 35.8 Å². The van der Waals surface area contributed by atoms with Crippen LogP contribution in [-0.2, 0) is 14.9 Å². The van der Waals surface area contributed by atoms with Gasteiger partial charge in [-0.25, -0.2) is 3.97 Å². The molecule has 0 aromatic carbocycles. The van der Waals surface area contributed by atoms with Gasteiger partial charge >= 0.3 is 6.72 Å². The van der Waals surface area contributed by atoms with Gasteiger partial charge in [-0.3, -0.25) is 0 Å². The third kappa shape index (κ3) is 5.69. The van der Waals surface area contributed by atoms with Gasteiger partial charge in [0.15, 0.2) is 16.7 Å². The zero-order chi connectivity index (χ0) is 11.2. The molecule has 0 rings (SSSR count). The van der Waals surface area contributed by atoms with Crippen LogP contribution < -0.4 is 4.89 Å². The molecule has 0 amide bonds. The largest absolute Gasteiger partial charge is 0.741 e. The fourth-order valence-electron chi connectivity index (χ4n) is 0.690. The average Bonchev–Trinajstić information content (AvgIpc) is 2.14. The van der Waals surface area contributed by atoms with Gasteiger partial charge in [-0.2, -0.15) is 0 Å². The lowest BCUT2D eigenvalue weighted by Gasteiger charge is -2.26. The SMILES string of the molecule is CC[S+]=P([O-])(O)OSC(C)(CC)CC. The summed E-state index contributed by atoms with van der Waals surface area (Å²) < 4.78 is 4.94.